The van der Waals surface area contributed by atoms with E-state index in [0.29, 0.717) is 13.0 Å². The van der Waals surface area contributed by atoms with Gasteiger partial charge < -0.3 is 24.4 Å². The van der Waals surface area contributed by atoms with E-state index in [-0.39, 0.29) is 43.4 Å². The zero-order chi connectivity index (χ0) is 31.6. The Morgan fingerprint density at radius 3 is 2.19 bits per heavy atom. The molecule has 43 heavy (non-hydrogen) atoms. The molecule has 2 heterocycles. The first-order valence-corrected chi connectivity index (χ1v) is 17.3. The molecular weight excluding hydrogens is 544 g/mol. The molecule has 0 bridgehead atoms. The summed E-state index contributed by atoms with van der Waals surface area (Å²) in [6.45, 7) is 11.2. The van der Waals surface area contributed by atoms with E-state index in [1.807, 2.05) is 18.7 Å². The first-order valence-electron chi connectivity index (χ1n) is 17.3. The van der Waals surface area contributed by atoms with Crippen molar-refractivity contribution in [3.05, 3.63) is 12.2 Å². The number of amides is 2. The number of nitrogens with one attached hydrogen (secondary N) is 1. The number of nitrogens with zero attached hydrogens (tertiary/aromatic N) is 1. The van der Waals surface area contributed by atoms with Crippen LogP contribution in [-0.2, 0) is 28.6 Å². The maximum Gasteiger partial charge on any atom is 0.307 e. The maximum atomic E-state index is 12.8. The fourth-order valence-electron chi connectivity index (χ4n) is 5.79. The van der Waals surface area contributed by atoms with Crippen molar-refractivity contribution in [2.75, 3.05) is 26.3 Å². The van der Waals surface area contributed by atoms with Crippen molar-refractivity contribution >= 4 is 17.8 Å². The van der Waals surface area contributed by atoms with Crippen LogP contribution >= 0.6 is 0 Å². The topological polar surface area (TPSA) is 94.2 Å². The van der Waals surface area contributed by atoms with Crippen molar-refractivity contribution in [2.45, 2.75) is 162 Å². The van der Waals surface area contributed by atoms with E-state index < -0.39 is 17.3 Å². The highest BCUT2D eigenvalue weighted by molar-refractivity contribution is 5.82. The number of ether oxygens (including phenoxy) is 3. The first-order chi connectivity index (χ1) is 20.6. The van der Waals surface area contributed by atoms with Crippen molar-refractivity contribution in [1.82, 2.24) is 10.2 Å². The van der Waals surface area contributed by atoms with Crippen molar-refractivity contribution < 1.29 is 28.6 Å². The van der Waals surface area contributed by atoms with E-state index in [9.17, 15) is 14.4 Å². The molecule has 8 heteroatoms. The maximum absolute atomic E-state index is 12.8. The molecule has 0 aromatic heterocycles. The van der Waals surface area contributed by atoms with E-state index in [0.717, 1.165) is 38.6 Å². The first kappa shape index (κ1) is 37.3. The smallest absolute Gasteiger partial charge is 0.307 e. The molecule has 1 N–H and O–H groups in total. The molecule has 2 fully saturated rings. The molecule has 2 rings (SSSR count). The molecule has 2 aliphatic heterocycles. The SMILES string of the molecule is CCCCCCCC/C=C\CCCCCCCC(=O)N1CCC[C@@H]1COC(=O)CCNC(=O)C1OC(C)(C)OCC1(C)C. The van der Waals surface area contributed by atoms with Gasteiger partial charge in [0.1, 0.15) is 12.7 Å². The monoisotopic (exact) mass is 606 g/mol. The van der Waals surface area contributed by atoms with Gasteiger partial charge in [-0.3, -0.25) is 14.4 Å². The van der Waals surface area contributed by atoms with E-state index in [2.05, 4.69) is 24.4 Å². The second-order valence-corrected chi connectivity index (χ2v) is 13.6. The molecule has 248 valence electrons. The summed E-state index contributed by atoms with van der Waals surface area (Å²) in [7, 11) is 0. The van der Waals surface area contributed by atoms with Gasteiger partial charge >= 0.3 is 5.97 Å². The van der Waals surface area contributed by atoms with Gasteiger partial charge in [0.2, 0.25) is 11.8 Å². The summed E-state index contributed by atoms with van der Waals surface area (Å²) in [6, 6.07) is -0.0483. The molecule has 0 radical (unpaired) electrons. The number of esters is 1. The van der Waals surface area contributed by atoms with Gasteiger partial charge in [0, 0.05) is 24.9 Å². The number of unbranched alkanes of at least 4 members (excludes halogenated alkanes) is 11. The number of allylic oxidation sites excluding steroid dienone is 2. The second kappa shape index (κ2) is 20.2. The lowest BCUT2D eigenvalue weighted by atomic mass is 9.85. The van der Waals surface area contributed by atoms with Crippen LogP contribution in [0.25, 0.3) is 0 Å². The number of carbonyl (C=O) groups is 3. The quantitative estimate of drug-likeness (QED) is 0.0841. The minimum absolute atomic E-state index is 0.0483. The Balaban J connectivity index is 1.51. The molecule has 2 aliphatic rings. The van der Waals surface area contributed by atoms with Crippen LogP contribution in [0.15, 0.2) is 12.2 Å². The lowest BCUT2D eigenvalue weighted by Gasteiger charge is -2.44. The minimum Gasteiger partial charge on any atom is -0.463 e. The number of hydrogen-bond donors (Lipinski definition) is 1. The number of rotatable bonds is 21. The Kier molecular flexibility index (Phi) is 17.5. The fraction of sp³-hybridized carbons (Fsp3) is 0.857. The van der Waals surface area contributed by atoms with Gasteiger partial charge in [-0.2, -0.15) is 0 Å². The standard InChI is InChI=1S/C35H62N2O6/c1-6-7-8-9-10-11-12-13-14-15-16-17-18-19-20-23-30(38)37-26-21-22-29(37)27-41-31(39)24-25-36-33(40)32-34(2,3)28-42-35(4,5)43-32/h13-14,29,32H,6-12,15-28H2,1-5H3,(H,36,40)/b14-13-/t29-,32?/m1/s1. The molecular formula is C35H62N2O6. The molecule has 8 nitrogen and oxygen atoms in total. The van der Waals surface area contributed by atoms with Crippen molar-refractivity contribution in [3.8, 4) is 0 Å². The lowest BCUT2D eigenvalue weighted by molar-refractivity contribution is -0.304. The average Bonchev–Trinajstić information content (AvgIpc) is 3.44. The molecule has 2 atom stereocenters. The number of carbonyl (C=O) groups excluding carboxylic acids is 3. The van der Waals surface area contributed by atoms with E-state index in [1.165, 1.54) is 64.2 Å². The Hall–Kier alpha value is -1.93. The molecule has 1 unspecified atom stereocenters. The number of hydrogen-bond acceptors (Lipinski definition) is 6. The van der Waals surface area contributed by atoms with Crippen LogP contribution in [0.1, 0.15) is 144 Å². The zero-order valence-corrected chi connectivity index (χ0v) is 28.1. The molecule has 0 aromatic rings. The Bertz CT molecular complexity index is 855. The fourth-order valence-corrected chi connectivity index (χ4v) is 5.79. The second-order valence-electron chi connectivity index (χ2n) is 13.6. The summed E-state index contributed by atoms with van der Waals surface area (Å²) in [5, 5.41) is 2.81. The van der Waals surface area contributed by atoms with Crippen LogP contribution in [0.5, 0.6) is 0 Å². The highest BCUT2D eigenvalue weighted by Crippen LogP contribution is 2.34. The minimum atomic E-state index is -0.828. The molecule has 0 saturated carbocycles. The third-order valence-electron chi connectivity index (χ3n) is 8.56. The summed E-state index contributed by atoms with van der Waals surface area (Å²) in [6.07, 6.45) is 22.6. The number of likely N-dealkylation sites (tertiary alicyclic amines) is 1. The zero-order valence-electron chi connectivity index (χ0n) is 28.1. The van der Waals surface area contributed by atoms with E-state index >= 15 is 0 Å². The van der Waals surface area contributed by atoms with Crippen LogP contribution in [0.3, 0.4) is 0 Å². The Morgan fingerprint density at radius 2 is 1.51 bits per heavy atom. The summed E-state index contributed by atoms with van der Waals surface area (Å²) < 4.78 is 17.0. The predicted molar refractivity (Wildman–Crippen MR) is 171 cm³/mol. The average molecular weight is 607 g/mol. The van der Waals surface area contributed by atoms with Gasteiger partial charge in [0.25, 0.3) is 0 Å². The van der Waals surface area contributed by atoms with Gasteiger partial charge in [0.15, 0.2) is 5.79 Å². The third kappa shape index (κ3) is 15.1. The van der Waals surface area contributed by atoms with Crippen LogP contribution in [0.4, 0.5) is 0 Å². The molecule has 2 amide bonds. The molecule has 0 aromatic carbocycles. The van der Waals surface area contributed by atoms with Crippen molar-refractivity contribution in [2.24, 2.45) is 5.41 Å². The van der Waals surface area contributed by atoms with Crippen molar-refractivity contribution in [1.29, 1.82) is 0 Å². The van der Waals surface area contributed by atoms with Gasteiger partial charge in [0.05, 0.1) is 19.1 Å². The van der Waals surface area contributed by atoms with Crippen LogP contribution in [0, 0.1) is 5.41 Å². The highest BCUT2D eigenvalue weighted by Gasteiger charge is 2.45. The van der Waals surface area contributed by atoms with Crippen molar-refractivity contribution in [3.63, 3.8) is 0 Å². The summed E-state index contributed by atoms with van der Waals surface area (Å²) >= 11 is 0. The van der Waals surface area contributed by atoms with Gasteiger partial charge in [-0.05, 0) is 58.8 Å². The highest BCUT2D eigenvalue weighted by atomic mass is 16.7. The Morgan fingerprint density at radius 1 is 0.884 bits per heavy atom. The van der Waals surface area contributed by atoms with Gasteiger partial charge in [-0.15, -0.1) is 0 Å². The van der Waals surface area contributed by atoms with Crippen LogP contribution in [-0.4, -0.2) is 66.9 Å². The van der Waals surface area contributed by atoms with E-state index in [1.54, 1.807) is 13.8 Å². The molecule has 0 aliphatic carbocycles. The summed E-state index contributed by atoms with van der Waals surface area (Å²) in [4.78, 5) is 39.8. The van der Waals surface area contributed by atoms with Gasteiger partial charge in [-0.25, -0.2) is 0 Å². The largest absolute Gasteiger partial charge is 0.463 e. The van der Waals surface area contributed by atoms with Crippen LogP contribution in [0.2, 0.25) is 0 Å². The molecule has 0 spiro atoms. The lowest BCUT2D eigenvalue weighted by Crippen LogP contribution is -2.56. The molecule has 2 saturated heterocycles. The predicted octanol–water partition coefficient (Wildman–Crippen LogP) is 7.24. The summed E-state index contributed by atoms with van der Waals surface area (Å²) in [5.74, 6) is -1.28. The summed E-state index contributed by atoms with van der Waals surface area (Å²) in [5.41, 5.74) is -0.470. The third-order valence-corrected chi connectivity index (χ3v) is 8.56. The Labute approximate surface area is 262 Å². The van der Waals surface area contributed by atoms with Gasteiger partial charge in [-0.1, -0.05) is 84.3 Å². The van der Waals surface area contributed by atoms with Crippen LogP contribution < -0.4 is 5.32 Å². The van der Waals surface area contributed by atoms with E-state index in [4.69, 9.17) is 14.2 Å². The normalized spacial score (nSPS) is 21.3.